The number of ether oxygens (including phenoxy) is 1. The molecule has 2 atom stereocenters. The van der Waals surface area contributed by atoms with Gasteiger partial charge in [0.05, 0.1) is 24.5 Å². The SMILES string of the molecule is COC(=O)C1CCCCN1C(=O)C1CCS(=O)(=O)C1. The summed E-state index contributed by atoms with van der Waals surface area (Å²) in [5.74, 6) is -1.13. The van der Waals surface area contributed by atoms with Crippen LogP contribution in [0.2, 0.25) is 0 Å². The lowest BCUT2D eigenvalue weighted by Crippen LogP contribution is -2.50. The second-order valence-corrected chi connectivity index (χ2v) is 7.40. The predicted molar refractivity (Wildman–Crippen MR) is 68.1 cm³/mol. The Morgan fingerprint density at radius 2 is 1.95 bits per heavy atom. The molecule has 2 aliphatic rings. The van der Waals surface area contributed by atoms with Crippen LogP contribution in [0.4, 0.5) is 0 Å². The van der Waals surface area contributed by atoms with Crippen LogP contribution in [0.1, 0.15) is 25.7 Å². The van der Waals surface area contributed by atoms with Gasteiger partial charge in [0, 0.05) is 6.54 Å². The molecular weight excluding hydrogens is 270 g/mol. The van der Waals surface area contributed by atoms with Gasteiger partial charge in [-0.05, 0) is 25.7 Å². The van der Waals surface area contributed by atoms with Gasteiger partial charge in [0.2, 0.25) is 5.91 Å². The molecule has 0 radical (unpaired) electrons. The van der Waals surface area contributed by atoms with E-state index in [4.69, 9.17) is 4.74 Å². The molecule has 0 bridgehead atoms. The number of hydrogen-bond donors (Lipinski definition) is 0. The minimum absolute atomic E-state index is 0.0696. The molecule has 0 aromatic carbocycles. The van der Waals surface area contributed by atoms with Crippen molar-refractivity contribution in [1.29, 1.82) is 0 Å². The summed E-state index contributed by atoms with van der Waals surface area (Å²) in [5, 5.41) is 0. The van der Waals surface area contributed by atoms with Gasteiger partial charge in [-0.3, -0.25) is 4.79 Å². The molecule has 2 saturated heterocycles. The van der Waals surface area contributed by atoms with Crippen LogP contribution in [-0.2, 0) is 24.2 Å². The fraction of sp³-hybridized carbons (Fsp3) is 0.833. The van der Waals surface area contributed by atoms with Crippen LogP contribution >= 0.6 is 0 Å². The van der Waals surface area contributed by atoms with E-state index in [-0.39, 0.29) is 17.4 Å². The summed E-state index contributed by atoms with van der Waals surface area (Å²) in [6, 6.07) is -0.547. The molecule has 2 fully saturated rings. The first-order valence-corrected chi connectivity index (χ1v) is 8.35. The Morgan fingerprint density at radius 1 is 1.21 bits per heavy atom. The smallest absolute Gasteiger partial charge is 0.328 e. The number of methoxy groups -OCH3 is 1. The number of hydrogen-bond acceptors (Lipinski definition) is 5. The van der Waals surface area contributed by atoms with Gasteiger partial charge in [0.1, 0.15) is 6.04 Å². The van der Waals surface area contributed by atoms with Crippen LogP contribution in [0.15, 0.2) is 0 Å². The third kappa shape index (κ3) is 3.08. The zero-order valence-corrected chi connectivity index (χ0v) is 11.8. The van der Waals surface area contributed by atoms with Gasteiger partial charge in [0.25, 0.3) is 0 Å². The minimum atomic E-state index is -3.09. The molecule has 108 valence electrons. The fourth-order valence-electron chi connectivity index (χ4n) is 2.80. The highest BCUT2D eigenvalue weighted by molar-refractivity contribution is 7.91. The Labute approximate surface area is 113 Å². The van der Waals surface area contributed by atoms with Crippen LogP contribution in [0.3, 0.4) is 0 Å². The van der Waals surface area contributed by atoms with Crippen LogP contribution in [-0.4, -0.2) is 56.4 Å². The van der Waals surface area contributed by atoms with Crippen molar-refractivity contribution in [1.82, 2.24) is 4.90 Å². The van der Waals surface area contributed by atoms with Gasteiger partial charge in [-0.15, -0.1) is 0 Å². The number of rotatable bonds is 2. The van der Waals surface area contributed by atoms with E-state index in [0.717, 1.165) is 12.8 Å². The Kier molecular flexibility index (Phi) is 4.13. The van der Waals surface area contributed by atoms with E-state index in [1.165, 1.54) is 12.0 Å². The summed E-state index contributed by atoms with van der Waals surface area (Å²) in [4.78, 5) is 25.6. The van der Waals surface area contributed by atoms with Crippen molar-refractivity contribution in [3.8, 4) is 0 Å². The Bertz CT molecular complexity index is 473. The maximum atomic E-state index is 12.4. The maximum absolute atomic E-state index is 12.4. The van der Waals surface area contributed by atoms with Gasteiger partial charge in [-0.25, -0.2) is 13.2 Å². The number of amides is 1. The van der Waals surface area contributed by atoms with Crippen molar-refractivity contribution >= 4 is 21.7 Å². The van der Waals surface area contributed by atoms with Gasteiger partial charge in [-0.2, -0.15) is 0 Å². The third-order valence-electron chi connectivity index (χ3n) is 3.84. The molecule has 1 amide bonds. The van der Waals surface area contributed by atoms with Crippen molar-refractivity contribution in [2.75, 3.05) is 25.2 Å². The number of carbonyl (C=O) groups excluding carboxylic acids is 2. The van der Waals surface area contributed by atoms with Crippen molar-refractivity contribution in [3.63, 3.8) is 0 Å². The molecule has 2 heterocycles. The molecule has 0 spiro atoms. The Hall–Kier alpha value is -1.11. The normalized spacial score (nSPS) is 30.1. The highest BCUT2D eigenvalue weighted by atomic mass is 32.2. The molecule has 0 saturated carbocycles. The zero-order valence-electron chi connectivity index (χ0n) is 11.0. The van der Waals surface area contributed by atoms with Crippen molar-refractivity contribution in [2.45, 2.75) is 31.7 Å². The molecule has 0 aromatic heterocycles. The summed E-state index contributed by atoms with van der Waals surface area (Å²) in [5.41, 5.74) is 0. The van der Waals surface area contributed by atoms with E-state index in [0.29, 0.717) is 19.4 Å². The Morgan fingerprint density at radius 3 is 2.53 bits per heavy atom. The fourth-order valence-corrected chi connectivity index (χ4v) is 4.53. The number of likely N-dealkylation sites (tertiary alicyclic amines) is 1. The van der Waals surface area contributed by atoms with Crippen LogP contribution in [0, 0.1) is 5.92 Å². The molecule has 7 heteroatoms. The van der Waals surface area contributed by atoms with Crippen molar-refractivity contribution in [2.24, 2.45) is 5.92 Å². The third-order valence-corrected chi connectivity index (χ3v) is 5.61. The molecule has 6 nitrogen and oxygen atoms in total. The van der Waals surface area contributed by atoms with Gasteiger partial charge >= 0.3 is 5.97 Å². The standard InChI is InChI=1S/C12H19NO5S/c1-18-12(15)10-4-2-3-6-13(10)11(14)9-5-7-19(16,17)8-9/h9-10H,2-8H2,1H3. The molecule has 19 heavy (non-hydrogen) atoms. The summed E-state index contributed by atoms with van der Waals surface area (Å²) in [6.45, 7) is 0.509. The first-order chi connectivity index (χ1) is 8.94. The highest BCUT2D eigenvalue weighted by Crippen LogP contribution is 2.25. The molecule has 2 rings (SSSR count). The first kappa shape index (κ1) is 14.3. The van der Waals surface area contributed by atoms with E-state index in [1.54, 1.807) is 0 Å². The van der Waals surface area contributed by atoms with E-state index < -0.39 is 27.8 Å². The molecule has 2 unspecified atom stereocenters. The van der Waals surface area contributed by atoms with Gasteiger partial charge in [0.15, 0.2) is 9.84 Å². The average molecular weight is 289 g/mol. The Balaban J connectivity index is 2.10. The summed E-state index contributed by atoms with van der Waals surface area (Å²) in [7, 11) is -1.78. The van der Waals surface area contributed by atoms with E-state index in [1.807, 2.05) is 0 Å². The number of nitrogens with zero attached hydrogens (tertiary/aromatic N) is 1. The highest BCUT2D eigenvalue weighted by Gasteiger charge is 2.40. The van der Waals surface area contributed by atoms with Crippen molar-refractivity contribution < 1.29 is 22.7 Å². The second kappa shape index (κ2) is 5.48. The minimum Gasteiger partial charge on any atom is -0.467 e. The largest absolute Gasteiger partial charge is 0.467 e. The van der Waals surface area contributed by atoms with E-state index >= 15 is 0 Å². The van der Waals surface area contributed by atoms with E-state index in [2.05, 4.69) is 0 Å². The monoisotopic (exact) mass is 289 g/mol. The summed E-state index contributed by atoms with van der Waals surface area (Å²) >= 11 is 0. The quantitative estimate of drug-likeness (QED) is 0.667. The lowest BCUT2D eigenvalue weighted by atomic mass is 9.99. The van der Waals surface area contributed by atoms with Crippen LogP contribution in [0.5, 0.6) is 0 Å². The lowest BCUT2D eigenvalue weighted by molar-refractivity contribution is -0.156. The average Bonchev–Trinajstić information content (AvgIpc) is 2.77. The topological polar surface area (TPSA) is 80.8 Å². The maximum Gasteiger partial charge on any atom is 0.328 e. The molecule has 0 N–H and O–H groups in total. The first-order valence-electron chi connectivity index (χ1n) is 6.53. The molecule has 0 aromatic rings. The molecule has 2 aliphatic heterocycles. The number of esters is 1. The summed E-state index contributed by atoms with van der Waals surface area (Å²) < 4.78 is 27.6. The second-order valence-electron chi connectivity index (χ2n) is 5.17. The van der Waals surface area contributed by atoms with E-state index in [9.17, 15) is 18.0 Å². The van der Waals surface area contributed by atoms with Gasteiger partial charge in [-0.1, -0.05) is 0 Å². The lowest BCUT2D eigenvalue weighted by Gasteiger charge is -2.35. The zero-order chi connectivity index (χ0) is 14.0. The van der Waals surface area contributed by atoms with Gasteiger partial charge < -0.3 is 9.64 Å². The van der Waals surface area contributed by atoms with Crippen LogP contribution < -0.4 is 0 Å². The number of piperidine rings is 1. The number of carbonyl (C=O) groups is 2. The predicted octanol–water partition coefficient (Wildman–Crippen LogP) is -0.0248. The number of sulfone groups is 1. The summed E-state index contributed by atoms with van der Waals surface area (Å²) in [6.07, 6.45) is 2.69. The molecule has 0 aliphatic carbocycles. The van der Waals surface area contributed by atoms with Crippen molar-refractivity contribution in [3.05, 3.63) is 0 Å². The molecular formula is C12H19NO5S. The van der Waals surface area contributed by atoms with Crippen LogP contribution in [0.25, 0.3) is 0 Å².